The molecule has 0 radical (unpaired) electrons. The Balaban J connectivity index is 1.40. The zero-order valence-electron chi connectivity index (χ0n) is 17.2. The fourth-order valence-corrected chi connectivity index (χ4v) is 5.52. The van der Waals surface area contributed by atoms with Crippen LogP contribution in [0.2, 0.25) is 0 Å². The molecule has 0 saturated carbocycles. The Morgan fingerprint density at radius 2 is 1.77 bits per heavy atom. The zero-order valence-corrected chi connectivity index (χ0v) is 18.0. The number of hydrogen-bond donors (Lipinski definition) is 1. The van der Waals surface area contributed by atoms with E-state index in [2.05, 4.69) is 10.3 Å². The van der Waals surface area contributed by atoms with Crippen molar-refractivity contribution in [2.24, 2.45) is 0 Å². The molecule has 31 heavy (non-hydrogen) atoms. The molecule has 1 aliphatic rings. The van der Waals surface area contributed by atoms with Gasteiger partial charge < -0.3 is 9.88 Å². The van der Waals surface area contributed by atoms with Crippen LogP contribution in [0.3, 0.4) is 0 Å². The Kier molecular flexibility index (Phi) is 6.48. The summed E-state index contributed by atoms with van der Waals surface area (Å²) in [5, 5.41) is 2.93. The SMILES string of the molecule is O=C(NCc1ccc(Cn2ccnc2)cc1)C1CCCCN1S(=O)(=O)c1ccccc1. The summed E-state index contributed by atoms with van der Waals surface area (Å²) in [6.45, 7) is 1.46. The van der Waals surface area contributed by atoms with Crippen molar-refractivity contribution in [3.63, 3.8) is 0 Å². The predicted molar refractivity (Wildman–Crippen MR) is 118 cm³/mol. The third-order valence-corrected chi connectivity index (χ3v) is 7.44. The normalized spacial score (nSPS) is 17.4. The van der Waals surface area contributed by atoms with Crippen LogP contribution in [-0.4, -0.2) is 40.8 Å². The third kappa shape index (κ3) is 5.03. The van der Waals surface area contributed by atoms with Crippen molar-refractivity contribution in [1.29, 1.82) is 0 Å². The number of piperidine rings is 1. The van der Waals surface area contributed by atoms with Crippen LogP contribution in [0.15, 0.2) is 78.2 Å². The van der Waals surface area contributed by atoms with Crippen LogP contribution in [-0.2, 0) is 27.9 Å². The number of carbonyl (C=O) groups is 1. The Bertz CT molecular complexity index is 1100. The van der Waals surface area contributed by atoms with E-state index in [1.165, 1.54) is 4.31 Å². The lowest BCUT2D eigenvalue weighted by Gasteiger charge is -2.33. The van der Waals surface area contributed by atoms with E-state index in [1.54, 1.807) is 42.9 Å². The lowest BCUT2D eigenvalue weighted by atomic mass is 10.0. The van der Waals surface area contributed by atoms with Crippen molar-refractivity contribution < 1.29 is 13.2 Å². The summed E-state index contributed by atoms with van der Waals surface area (Å²) in [5.74, 6) is -0.248. The summed E-state index contributed by atoms with van der Waals surface area (Å²) in [4.78, 5) is 17.2. The van der Waals surface area contributed by atoms with Crippen LogP contribution in [0, 0.1) is 0 Å². The maximum atomic E-state index is 13.1. The maximum absolute atomic E-state index is 13.1. The number of nitrogens with zero attached hydrogens (tertiary/aromatic N) is 3. The number of nitrogens with one attached hydrogen (secondary N) is 1. The average molecular weight is 439 g/mol. The highest BCUT2D eigenvalue weighted by Gasteiger charge is 2.37. The second-order valence-corrected chi connectivity index (χ2v) is 9.60. The Morgan fingerprint density at radius 3 is 2.48 bits per heavy atom. The molecule has 1 amide bonds. The molecule has 8 heteroatoms. The highest BCUT2D eigenvalue weighted by molar-refractivity contribution is 7.89. The van der Waals surface area contributed by atoms with Gasteiger partial charge in [0.05, 0.1) is 11.2 Å². The molecule has 2 aromatic carbocycles. The zero-order chi connectivity index (χ0) is 21.7. The van der Waals surface area contributed by atoms with Gasteiger partial charge in [0.25, 0.3) is 0 Å². The van der Waals surface area contributed by atoms with Crippen LogP contribution in [0.4, 0.5) is 0 Å². The standard InChI is InChI=1S/C23H26N4O3S/c28-23(25-16-19-9-11-20(12-10-19)17-26-15-13-24-18-26)22-8-4-5-14-27(22)31(29,30)21-6-2-1-3-7-21/h1-3,6-7,9-13,15,18,22H,4-5,8,14,16-17H2,(H,25,28). The fourth-order valence-electron chi connectivity index (χ4n) is 3.84. The first-order valence-corrected chi connectivity index (χ1v) is 11.9. The van der Waals surface area contributed by atoms with Crippen molar-refractivity contribution in [3.8, 4) is 0 Å². The van der Waals surface area contributed by atoms with Crippen LogP contribution in [0.5, 0.6) is 0 Å². The molecule has 0 spiro atoms. The molecule has 1 N–H and O–H groups in total. The van der Waals surface area contributed by atoms with E-state index < -0.39 is 16.1 Å². The van der Waals surface area contributed by atoms with E-state index in [1.807, 2.05) is 35.0 Å². The number of benzene rings is 2. The molecule has 2 heterocycles. The van der Waals surface area contributed by atoms with Gasteiger partial charge in [0, 0.05) is 32.0 Å². The largest absolute Gasteiger partial charge is 0.351 e. The summed E-state index contributed by atoms with van der Waals surface area (Å²) in [6, 6.07) is 15.6. The Morgan fingerprint density at radius 1 is 1.03 bits per heavy atom. The Labute approximate surface area is 182 Å². The van der Waals surface area contributed by atoms with E-state index in [-0.39, 0.29) is 10.8 Å². The molecule has 1 unspecified atom stereocenters. The first-order valence-electron chi connectivity index (χ1n) is 10.4. The maximum Gasteiger partial charge on any atom is 0.243 e. The number of hydrogen-bond acceptors (Lipinski definition) is 4. The predicted octanol–water partition coefficient (Wildman–Crippen LogP) is 2.79. The minimum atomic E-state index is -3.70. The molecule has 4 rings (SSSR count). The second kappa shape index (κ2) is 9.45. The Hall–Kier alpha value is -2.97. The van der Waals surface area contributed by atoms with E-state index in [4.69, 9.17) is 0 Å². The van der Waals surface area contributed by atoms with Crippen molar-refractivity contribution in [3.05, 3.63) is 84.4 Å². The molecule has 0 bridgehead atoms. The average Bonchev–Trinajstić information content (AvgIpc) is 3.32. The molecular weight excluding hydrogens is 412 g/mol. The van der Waals surface area contributed by atoms with Crippen molar-refractivity contribution >= 4 is 15.9 Å². The third-order valence-electron chi connectivity index (χ3n) is 5.52. The number of imidazole rings is 1. The van der Waals surface area contributed by atoms with E-state index in [0.29, 0.717) is 19.5 Å². The van der Waals surface area contributed by atoms with Gasteiger partial charge in [-0.1, -0.05) is 48.9 Å². The van der Waals surface area contributed by atoms with Crippen molar-refractivity contribution in [1.82, 2.24) is 19.2 Å². The van der Waals surface area contributed by atoms with Gasteiger partial charge in [-0.2, -0.15) is 4.31 Å². The summed E-state index contributed by atoms with van der Waals surface area (Å²) in [7, 11) is -3.70. The molecule has 1 aromatic heterocycles. The smallest absolute Gasteiger partial charge is 0.243 e. The van der Waals surface area contributed by atoms with Gasteiger partial charge >= 0.3 is 0 Å². The molecule has 1 fully saturated rings. The van der Waals surface area contributed by atoms with Gasteiger partial charge in [0.2, 0.25) is 15.9 Å². The summed E-state index contributed by atoms with van der Waals surface area (Å²) >= 11 is 0. The highest BCUT2D eigenvalue weighted by atomic mass is 32.2. The molecule has 1 saturated heterocycles. The van der Waals surface area contributed by atoms with E-state index in [9.17, 15) is 13.2 Å². The molecule has 3 aromatic rings. The van der Waals surface area contributed by atoms with Crippen molar-refractivity contribution in [2.75, 3.05) is 6.54 Å². The molecule has 1 atom stereocenters. The van der Waals surface area contributed by atoms with Gasteiger partial charge in [0.15, 0.2) is 0 Å². The van der Waals surface area contributed by atoms with Crippen LogP contribution >= 0.6 is 0 Å². The van der Waals surface area contributed by atoms with Crippen LogP contribution in [0.25, 0.3) is 0 Å². The number of aromatic nitrogens is 2. The number of carbonyl (C=O) groups excluding carboxylic acids is 1. The van der Waals surface area contributed by atoms with Gasteiger partial charge in [0.1, 0.15) is 6.04 Å². The monoisotopic (exact) mass is 438 g/mol. The molecular formula is C23H26N4O3S. The summed E-state index contributed by atoms with van der Waals surface area (Å²) in [5.41, 5.74) is 2.11. The molecule has 0 aliphatic carbocycles. The van der Waals surface area contributed by atoms with Crippen molar-refractivity contribution in [2.45, 2.75) is 43.3 Å². The minimum absolute atomic E-state index is 0.225. The topological polar surface area (TPSA) is 84.3 Å². The molecule has 7 nitrogen and oxygen atoms in total. The number of amides is 1. The van der Waals surface area contributed by atoms with Crippen LogP contribution in [0.1, 0.15) is 30.4 Å². The minimum Gasteiger partial charge on any atom is -0.351 e. The second-order valence-electron chi connectivity index (χ2n) is 7.71. The first kappa shape index (κ1) is 21.3. The first-order chi connectivity index (χ1) is 15.0. The number of sulfonamides is 1. The lowest BCUT2D eigenvalue weighted by molar-refractivity contribution is -0.125. The van der Waals surface area contributed by atoms with E-state index >= 15 is 0 Å². The van der Waals surface area contributed by atoms with Gasteiger partial charge in [-0.05, 0) is 36.1 Å². The quantitative estimate of drug-likeness (QED) is 0.615. The van der Waals surface area contributed by atoms with E-state index in [0.717, 1.165) is 30.5 Å². The molecule has 162 valence electrons. The summed E-state index contributed by atoms with van der Waals surface area (Å²) in [6.07, 6.45) is 7.55. The van der Waals surface area contributed by atoms with Gasteiger partial charge in [-0.3, -0.25) is 4.79 Å². The highest BCUT2D eigenvalue weighted by Crippen LogP contribution is 2.25. The fraction of sp³-hybridized carbons (Fsp3) is 0.304. The van der Waals surface area contributed by atoms with Crippen LogP contribution < -0.4 is 5.32 Å². The summed E-state index contributed by atoms with van der Waals surface area (Å²) < 4.78 is 29.5. The van der Waals surface area contributed by atoms with Gasteiger partial charge in [-0.15, -0.1) is 0 Å². The lowest BCUT2D eigenvalue weighted by Crippen LogP contribution is -2.51. The molecule has 1 aliphatic heterocycles. The number of rotatable bonds is 7. The van der Waals surface area contributed by atoms with Gasteiger partial charge in [-0.25, -0.2) is 13.4 Å².